The Morgan fingerprint density at radius 2 is 1.78 bits per heavy atom. The number of amides is 1. The molecular weight excluding hydrogens is 448 g/mol. The summed E-state index contributed by atoms with van der Waals surface area (Å²) in [4.78, 5) is 13.3. The van der Waals surface area contributed by atoms with Gasteiger partial charge in [-0.15, -0.1) is 0 Å². The van der Waals surface area contributed by atoms with Crippen LogP contribution in [0.15, 0.2) is 77.7 Å². The highest BCUT2D eigenvalue weighted by Gasteiger charge is 2.39. The summed E-state index contributed by atoms with van der Waals surface area (Å²) in [5, 5.41) is 3.34. The van der Waals surface area contributed by atoms with E-state index in [1.807, 2.05) is 48.5 Å². The van der Waals surface area contributed by atoms with Crippen LogP contribution >= 0.6 is 11.6 Å². The van der Waals surface area contributed by atoms with Crippen molar-refractivity contribution in [2.24, 2.45) is 0 Å². The number of nitrogens with one attached hydrogen (secondary N) is 1. The molecule has 0 saturated carbocycles. The maximum atomic E-state index is 13.5. The van der Waals surface area contributed by atoms with Gasteiger partial charge in [-0.1, -0.05) is 48.0 Å². The Morgan fingerprint density at radius 3 is 2.50 bits per heavy atom. The molecule has 8 heteroatoms. The van der Waals surface area contributed by atoms with Crippen molar-refractivity contribution in [2.45, 2.75) is 30.4 Å². The fraction of sp³-hybridized carbons (Fsp3) is 0.208. The lowest BCUT2D eigenvalue weighted by atomic mass is 9.95. The van der Waals surface area contributed by atoms with Crippen LogP contribution in [0.25, 0.3) is 0 Å². The van der Waals surface area contributed by atoms with Crippen LogP contribution in [0.5, 0.6) is 5.75 Å². The first-order valence-electron chi connectivity index (χ1n) is 10.1. The summed E-state index contributed by atoms with van der Waals surface area (Å²) in [5.74, 6) is 0.343. The van der Waals surface area contributed by atoms with Gasteiger partial charge in [-0.2, -0.15) is 4.31 Å². The molecule has 4 rings (SSSR count). The maximum Gasteiger partial charge on any atom is 0.244 e. The van der Waals surface area contributed by atoms with E-state index in [0.717, 1.165) is 16.7 Å². The number of carbonyl (C=O) groups excluding carboxylic acids is 1. The van der Waals surface area contributed by atoms with Crippen molar-refractivity contribution < 1.29 is 17.9 Å². The zero-order valence-corrected chi connectivity index (χ0v) is 19.1. The van der Waals surface area contributed by atoms with Gasteiger partial charge in [0, 0.05) is 18.1 Å². The molecule has 166 valence electrons. The second-order valence-corrected chi connectivity index (χ2v) is 9.89. The van der Waals surface area contributed by atoms with Crippen LogP contribution in [0.2, 0.25) is 5.02 Å². The maximum absolute atomic E-state index is 13.5. The van der Waals surface area contributed by atoms with Crippen molar-refractivity contribution in [3.8, 4) is 5.75 Å². The van der Waals surface area contributed by atoms with E-state index in [1.165, 1.54) is 28.6 Å². The van der Waals surface area contributed by atoms with Gasteiger partial charge in [-0.3, -0.25) is 4.79 Å². The lowest BCUT2D eigenvalue weighted by molar-refractivity contribution is -0.125. The van der Waals surface area contributed by atoms with E-state index in [1.54, 1.807) is 7.11 Å². The van der Waals surface area contributed by atoms with Crippen LogP contribution in [0.3, 0.4) is 0 Å². The molecule has 1 N–H and O–H groups in total. The van der Waals surface area contributed by atoms with Crippen molar-refractivity contribution in [2.75, 3.05) is 7.11 Å². The van der Waals surface area contributed by atoms with Crippen molar-refractivity contribution in [3.05, 3.63) is 94.5 Å². The minimum absolute atomic E-state index is 0.104. The molecule has 3 aromatic carbocycles. The predicted octanol–water partition coefficient (Wildman–Crippen LogP) is 3.78. The number of methoxy groups -OCH3 is 1. The van der Waals surface area contributed by atoms with Gasteiger partial charge in [0.05, 0.1) is 12.0 Å². The van der Waals surface area contributed by atoms with Crippen molar-refractivity contribution >= 4 is 27.5 Å². The first-order chi connectivity index (χ1) is 15.4. The second kappa shape index (κ2) is 9.32. The third kappa shape index (κ3) is 4.65. The highest BCUT2D eigenvalue weighted by atomic mass is 35.5. The van der Waals surface area contributed by atoms with E-state index < -0.39 is 16.1 Å². The normalized spacial score (nSPS) is 16.2. The van der Waals surface area contributed by atoms with Crippen molar-refractivity contribution in [1.82, 2.24) is 9.62 Å². The molecule has 0 bridgehead atoms. The summed E-state index contributed by atoms with van der Waals surface area (Å²) < 4.78 is 33.4. The molecule has 3 aromatic rings. The summed E-state index contributed by atoms with van der Waals surface area (Å²) >= 11 is 5.93. The third-order valence-electron chi connectivity index (χ3n) is 5.53. The molecule has 1 unspecified atom stereocenters. The first kappa shape index (κ1) is 22.3. The van der Waals surface area contributed by atoms with E-state index in [9.17, 15) is 13.2 Å². The minimum Gasteiger partial charge on any atom is -0.497 e. The Hall–Kier alpha value is -2.87. The summed E-state index contributed by atoms with van der Waals surface area (Å²) in [6.45, 7) is 0.390. The molecule has 0 saturated heterocycles. The lowest BCUT2D eigenvalue weighted by Gasteiger charge is -2.35. The number of rotatable bonds is 6. The van der Waals surface area contributed by atoms with E-state index in [4.69, 9.17) is 16.3 Å². The molecule has 1 aliphatic rings. The third-order valence-corrected chi connectivity index (χ3v) is 7.65. The number of benzene rings is 3. The number of hydrogen-bond acceptors (Lipinski definition) is 4. The fourth-order valence-electron chi connectivity index (χ4n) is 3.81. The molecule has 6 nitrogen and oxygen atoms in total. The predicted molar refractivity (Wildman–Crippen MR) is 123 cm³/mol. The monoisotopic (exact) mass is 470 g/mol. The molecule has 0 aromatic heterocycles. The Bertz CT molecular complexity index is 1230. The number of halogens is 1. The Morgan fingerprint density at radius 1 is 1.06 bits per heavy atom. The van der Waals surface area contributed by atoms with Crippen molar-refractivity contribution in [3.63, 3.8) is 0 Å². The van der Waals surface area contributed by atoms with Crippen LogP contribution in [0.1, 0.15) is 16.7 Å². The topological polar surface area (TPSA) is 75.7 Å². The van der Waals surface area contributed by atoms with E-state index in [2.05, 4.69) is 5.32 Å². The Labute approximate surface area is 192 Å². The van der Waals surface area contributed by atoms with Gasteiger partial charge < -0.3 is 10.1 Å². The fourth-order valence-corrected chi connectivity index (χ4v) is 5.50. The second-order valence-electron chi connectivity index (χ2n) is 7.56. The average molecular weight is 471 g/mol. The molecule has 1 heterocycles. The number of sulfonamides is 1. The van der Waals surface area contributed by atoms with Crippen LogP contribution in [0, 0.1) is 0 Å². The van der Waals surface area contributed by atoms with Crippen LogP contribution in [-0.2, 0) is 34.3 Å². The van der Waals surface area contributed by atoms with E-state index in [-0.39, 0.29) is 23.9 Å². The molecule has 1 amide bonds. The van der Waals surface area contributed by atoms with E-state index in [0.29, 0.717) is 17.2 Å². The average Bonchev–Trinajstić information content (AvgIpc) is 2.82. The number of ether oxygens (including phenoxy) is 1. The number of hydrogen-bond donors (Lipinski definition) is 1. The zero-order valence-electron chi connectivity index (χ0n) is 17.5. The number of carbonyl (C=O) groups is 1. The van der Waals surface area contributed by atoms with E-state index >= 15 is 0 Å². The molecular formula is C24H23ClN2O4S. The summed E-state index contributed by atoms with van der Waals surface area (Å²) in [6, 6.07) is 20.1. The highest BCUT2D eigenvalue weighted by Crippen LogP contribution is 2.30. The molecule has 0 aliphatic carbocycles. The Balaban J connectivity index is 1.62. The quantitative estimate of drug-likeness (QED) is 0.595. The summed E-state index contributed by atoms with van der Waals surface area (Å²) in [7, 11) is -2.34. The minimum atomic E-state index is -3.92. The molecule has 0 radical (unpaired) electrons. The SMILES string of the molecule is COc1cccc(CNC(=O)C2Cc3ccccc3CN2S(=O)(=O)c2ccc(Cl)cc2)c1. The van der Waals surface area contributed by atoms with Crippen LogP contribution in [-0.4, -0.2) is 31.8 Å². The van der Waals surface area contributed by atoms with Gasteiger partial charge in [0.2, 0.25) is 15.9 Å². The standard InChI is InChI=1S/C24H23ClN2O4S/c1-31-21-8-4-5-17(13-21)15-26-24(28)23-14-18-6-2-3-7-19(18)16-27(23)32(29,30)22-11-9-20(25)10-12-22/h2-13,23H,14-16H2,1H3,(H,26,28). The van der Waals surface area contributed by atoms with Gasteiger partial charge in [0.25, 0.3) is 0 Å². The summed E-state index contributed by atoms with van der Waals surface area (Å²) in [6.07, 6.45) is 0.299. The molecule has 0 fully saturated rings. The number of fused-ring (bicyclic) bond motifs is 1. The summed E-state index contributed by atoms with van der Waals surface area (Å²) in [5.41, 5.74) is 2.72. The molecule has 32 heavy (non-hydrogen) atoms. The van der Waals surface area contributed by atoms with Gasteiger partial charge >= 0.3 is 0 Å². The smallest absolute Gasteiger partial charge is 0.244 e. The highest BCUT2D eigenvalue weighted by molar-refractivity contribution is 7.89. The largest absolute Gasteiger partial charge is 0.497 e. The number of nitrogens with zero attached hydrogens (tertiary/aromatic N) is 1. The zero-order chi connectivity index (χ0) is 22.7. The van der Waals surface area contributed by atoms with Gasteiger partial charge in [-0.25, -0.2) is 8.42 Å². The molecule has 1 atom stereocenters. The first-order valence-corrected chi connectivity index (χ1v) is 11.9. The lowest BCUT2D eigenvalue weighted by Crippen LogP contribution is -2.52. The van der Waals surface area contributed by atoms with Crippen LogP contribution in [0.4, 0.5) is 0 Å². The van der Waals surface area contributed by atoms with Gasteiger partial charge in [0.1, 0.15) is 11.8 Å². The molecule has 1 aliphatic heterocycles. The van der Waals surface area contributed by atoms with Gasteiger partial charge in [0.15, 0.2) is 0 Å². The van der Waals surface area contributed by atoms with Crippen molar-refractivity contribution in [1.29, 1.82) is 0 Å². The molecule has 0 spiro atoms. The van der Waals surface area contributed by atoms with Gasteiger partial charge in [-0.05, 0) is 59.5 Å². The van der Waals surface area contributed by atoms with Crippen LogP contribution < -0.4 is 10.1 Å². The Kier molecular flexibility index (Phi) is 6.50.